The van der Waals surface area contributed by atoms with Crippen molar-refractivity contribution >= 4 is 5.97 Å². The fourth-order valence-electron chi connectivity index (χ4n) is 3.93. The van der Waals surface area contributed by atoms with Crippen LogP contribution in [0.5, 0.6) is 0 Å². The molecule has 1 atom stereocenters. The number of hydrogen-bond donors (Lipinski definition) is 1. The van der Waals surface area contributed by atoms with Crippen molar-refractivity contribution in [3.8, 4) is 11.3 Å². The molecule has 1 aromatic rings. The number of aromatic nitrogens is 3. The third-order valence-corrected chi connectivity index (χ3v) is 5.41. The molecule has 0 amide bonds. The maximum Gasteiger partial charge on any atom is 0.341 e. The number of carbonyl (C=O) groups is 1. The number of esters is 1. The van der Waals surface area contributed by atoms with Gasteiger partial charge in [-0.3, -0.25) is 4.79 Å². The van der Waals surface area contributed by atoms with Gasteiger partial charge in [0.05, 0.1) is 18.7 Å². The average molecular weight is 380 g/mol. The highest BCUT2D eigenvalue weighted by atomic mass is 16.5. The Labute approximate surface area is 163 Å². The summed E-state index contributed by atoms with van der Waals surface area (Å²) >= 11 is 0. The Balaban J connectivity index is 1.82. The maximum absolute atomic E-state index is 12.3. The predicted octanol–water partition coefficient (Wildman–Crippen LogP) is 2.54. The molecule has 0 radical (unpaired) electrons. The monoisotopic (exact) mass is 380 g/mol. The van der Waals surface area contributed by atoms with Crippen LogP contribution in [0.1, 0.15) is 41.2 Å². The van der Waals surface area contributed by atoms with Crippen molar-refractivity contribution in [1.82, 2.24) is 19.7 Å². The summed E-state index contributed by atoms with van der Waals surface area (Å²) in [5.41, 5.74) is 1.85. The molecule has 1 fully saturated rings. The van der Waals surface area contributed by atoms with Crippen molar-refractivity contribution in [2.24, 2.45) is 0 Å². The van der Waals surface area contributed by atoms with Gasteiger partial charge in [0.1, 0.15) is 11.3 Å². The molecule has 0 aliphatic carbocycles. The largest absolute Gasteiger partial charge is 0.465 e. The molecule has 0 unspecified atom stereocenters. The lowest BCUT2D eigenvalue weighted by molar-refractivity contribution is 0.0600. The summed E-state index contributed by atoms with van der Waals surface area (Å²) in [4.78, 5) is 27.0. The van der Waals surface area contributed by atoms with Crippen molar-refractivity contribution < 1.29 is 9.53 Å². The van der Waals surface area contributed by atoms with Gasteiger partial charge in [-0.25, -0.2) is 9.89 Å². The molecule has 0 spiro atoms. The van der Waals surface area contributed by atoms with Crippen LogP contribution in [0.25, 0.3) is 11.3 Å². The second-order valence-electron chi connectivity index (χ2n) is 7.21. The first-order chi connectivity index (χ1) is 13.7. The minimum absolute atomic E-state index is 0.0265. The van der Waals surface area contributed by atoms with Crippen molar-refractivity contribution in [2.45, 2.75) is 25.3 Å². The van der Waals surface area contributed by atoms with Gasteiger partial charge in [0.25, 0.3) is 5.56 Å². The number of H-pyrrole nitrogens is 1. The summed E-state index contributed by atoms with van der Waals surface area (Å²) in [6.45, 7) is 2.94. The molecular formula is C21H24N4O3. The summed E-state index contributed by atoms with van der Waals surface area (Å²) in [5.74, 6) is -0.504. The van der Waals surface area contributed by atoms with Gasteiger partial charge in [-0.15, -0.1) is 0 Å². The maximum atomic E-state index is 12.3. The van der Waals surface area contributed by atoms with Gasteiger partial charge in [-0.05, 0) is 31.5 Å². The Hall–Kier alpha value is -2.93. The van der Waals surface area contributed by atoms with E-state index in [2.05, 4.69) is 27.2 Å². The molecule has 3 heterocycles. The van der Waals surface area contributed by atoms with Gasteiger partial charge in [-0.1, -0.05) is 36.8 Å². The topological polar surface area (TPSA) is 80.2 Å². The van der Waals surface area contributed by atoms with Crippen molar-refractivity contribution in [1.29, 1.82) is 0 Å². The molecule has 146 valence electrons. The number of hydrogen-bond acceptors (Lipinski definition) is 5. The highest BCUT2D eigenvalue weighted by Gasteiger charge is 2.26. The molecule has 1 saturated heterocycles. The van der Waals surface area contributed by atoms with E-state index in [1.54, 1.807) is 12.4 Å². The molecule has 7 nitrogen and oxygen atoms in total. The summed E-state index contributed by atoms with van der Waals surface area (Å²) < 4.78 is 6.88. The normalized spacial score (nSPS) is 16.2. The van der Waals surface area contributed by atoms with Crippen LogP contribution in [0.3, 0.4) is 0 Å². The Bertz CT molecular complexity index is 973. The zero-order valence-electron chi connectivity index (χ0n) is 15.9. The van der Waals surface area contributed by atoms with E-state index in [9.17, 15) is 9.59 Å². The van der Waals surface area contributed by atoms with Crippen LogP contribution in [0.2, 0.25) is 0 Å². The van der Waals surface area contributed by atoms with E-state index in [1.807, 2.05) is 22.8 Å². The van der Waals surface area contributed by atoms with Crippen LogP contribution in [-0.4, -0.2) is 52.4 Å². The number of likely N-dealkylation sites (tertiary alicyclic amines) is 1. The molecule has 0 bridgehead atoms. The Morgan fingerprint density at radius 1 is 1.18 bits per heavy atom. The number of fused-ring (bicyclic) bond motifs is 1. The fourth-order valence-corrected chi connectivity index (χ4v) is 3.93. The van der Waals surface area contributed by atoms with Gasteiger partial charge < -0.3 is 14.2 Å². The summed E-state index contributed by atoms with van der Waals surface area (Å²) in [7, 11) is 1.33. The molecule has 7 heteroatoms. The molecule has 0 saturated carbocycles. The Morgan fingerprint density at radius 2 is 1.93 bits per heavy atom. The lowest BCUT2D eigenvalue weighted by Crippen LogP contribution is -2.35. The smallest absolute Gasteiger partial charge is 0.341 e. The third-order valence-electron chi connectivity index (χ3n) is 5.41. The van der Waals surface area contributed by atoms with E-state index < -0.39 is 5.97 Å². The second-order valence-corrected chi connectivity index (χ2v) is 7.21. The van der Waals surface area contributed by atoms with Crippen LogP contribution >= 0.6 is 0 Å². The van der Waals surface area contributed by atoms with E-state index in [0.29, 0.717) is 11.3 Å². The van der Waals surface area contributed by atoms with E-state index in [-0.39, 0.29) is 17.2 Å². The number of ether oxygens (including phenoxy) is 1. The molecule has 4 rings (SSSR count). The fraction of sp³-hybridized carbons (Fsp3) is 0.381. The van der Waals surface area contributed by atoms with Crippen LogP contribution in [0.15, 0.2) is 47.5 Å². The quantitative estimate of drug-likeness (QED) is 0.688. The van der Waals surface area contributed by atoms with Crippen molar-refractivity contribution in [2.75, 3.05) is 26.7 Å². The second kappa shape index (κ2) is 7.98. The zero-order chi connectivity index (χ0) is 19.5. The van der Waals surface area contributed by atoms with Crippen molar-refractivity contribution in [3.63, 3.8) is 0 Å². The average Bonchev–Trinajstić information content (AvgIpc) is 3.13. The SMILES string of the molecule is COC(=O)c1cn([C@@H](CN2CCCCC2)c2ccccc2)cc2c(=O)[nH]nc1-2. The summed E-state index contributed by atoms with van der Waals surface area (Å²) in [6, 6.07) is 10.1. The van der Waals surface area contributed by atoms with E-state index in [0.717, 1.165) is 25.2 Å². The number of pyridine rings is 1. The lowest BCUT2D eigenvalue weighted by atomic mass is 10.0. The number of methoxy groups -OCH3 is 1. The number of benzene rings is 1. The number of aromatic amines is 1. The van der Waals surface area contributed by atoms with Crippen LogP contribution < -0.4 is 5.56 Å². The third kappa shape index (κ3) is 3.57. The van der Waals surface area contributed by atoms with E-state index >= 15 is 0 Å². The van der Waals surface area contributed by atoms with Crippen molar-refractivity contribution in [3.05, 3.63) is 64.2 Å². The first kappa shape index (κ1) is 18.4. The zero-order valence-corrected chi connectivity index (χ0v) is 15.9. The highest BCUT2D eigenvalue weighted by Crippen LogP contribution is 2.27. The number of carbonyl (C=O) groups excluding carboxylic acids is 1. The van der Waals surface area contributed by atoms with Gasteiger partial charge in [0.15, 0.2) is 0 Å². The number of piperidine rings is 1. The summed E-state index contributed by atoms with van der Waals surface area (Å²) in [6.07, 6.45) is 7.20. The number of nitrogens with one attached hydrogen (secondary N) is 1. The highest BCUT2D eigenvalue weighted by molar-refractivity contribution is 5.95. The molecule has 1 aromatic carbocycles. The van der Waals surface area contributed by atoms with Crippen LogP contribution in [-0.2, 0) is 4.74 Å². The molecule has 28 heavy (non-hydrogen) atoms. The first-order valence-corrected chi connectivity index (χ1v) is 9.63. The Kier molecular flexibility index (Phi) is 5.25. The van der Waals surface area contributed by atoms with Crippen LogP contribution in [0, 0.1) is 0 Å². The van der Waals surface area contributed by atoms with E-state index in [4.69, 9.17) is 4.74 Å². The van der Waals surface area contributed by atoms with Gasteiger partial charge in [-0.2, -0.15) is 5.10 Å². The number of rotatable bonds is 5. The van der Waals surface area contributed by atoms with Gasteiger partial charge in [0.2, 0.25) is 0 Å². The minimum atomic E-state index is -0.504. The molecule has 1 N–H and O–H groups in total. The minimum Gasteiger partial charge on any atom is -0.465 e. The first-order valence-electron chi connectivity index (χ1n) is 9.63. The molecular weight excluding hydrogens is 356 g/mol. The number of nitrogens with zero attached hydrogens (tertiary/aromatic N) is 3. The molecule has 0 aromatic heterocycles. The lowest BCUT2D eigenvalue weighted by Gasteiger charge is -2.32. The Morgan fingerprint density at radius 3 is 2.64 bits per heavy atom. The molecule has 3 aliphatic heterocycles. The summed E-state index contributed by atoms with van der Waals surface area (Å²) in [5, 5.41) is 6.46. The standard InChI is InChI=1S/C21H24N4O3/c1-28-21(27)17-13-25(12-16-19(17)22-23-20(16)26)18(15-8-4-2-5-9-15)14-24-10-6-3-7-11-24/h2,4-5,8-9,12-13,18H,3,6-7,10-11,14H2,1H3,(H,23,26)/t18-/m0/s1. The van der Waals surface area contributed by atoms with E-state index in [1.165, 1.54) is 26.4 Å². The van der Waals surface area contributed by atoms with Gasteiger partial charge in [0, 0.05) is 18.9 Å². The predicted molar refractivity (Wildman–Crippen MR) is 106 cm³/mol. The van der Waals surface area contributed by atoms with Gasteiger partial charge >= 0.3 is 5.97 Å². The van der Waals surface area contributed by atoms with Crippen LogP contribution in [0.4, 0.5) is 0 Å². The molecule has 3 aliphatic rings.